The molecular formula is C11H15NOS. The van der Waals surface area contributed by atoms with E-state index in [9.17, 15) is 5.11 Å². The largest absolute Gasteiger partial charge is 0.507 e. The van der Waals surface area contributed by atoms with Crippen LogP contribution in [0.15, 0.2) is 23.1 Å². The second-order valence-electron chi connectivity index (χ2n) is 3.72. The Morgan fingerprint density at radius 3 is 3.14 bits per heavy atom. The maximum atomic E-state index is 9.63. The van der Waals surface area contributed by atoms with E-state index in [0.29, 0.717) is 11.7 Å². The molecule has 1 aromatic carbocycles. The number of phenols is 1. The standard InChI is InChI=1S/C11H15NOS/c12-5-4-8-6-9-2-1-3-10(13)11(9)14-7-8/h1-3,8,13H,4-7,12H2. The van der Waals surface area contributed by atoms with Crippen molar-refractivity contribution in [1.29, 1.82) is 0 Å². The summed E-state index contributed by atoms with van der Waals surface area (Å²) in [6.07, 6.45) is 2.15. The maximum absolute atomic E-state index is 9.63. The summed E-state index contributed by atoms with van der Waals surface area (Å²) in [5.74, 6) is 2.19. The Labute approximate surface area is 88.5 Å². The number of fused-ring (bicyclic) bond motifs is 1. The summed E-state index contributed by atoms with van der Waals surface area (Å²) in [4.78, 5) is 1.07. The molecule has 1 aliphatic rings. The topological polar surface area (TPSA) is 46.2 Å². The molecule has 14 heavy (non-hydrogen) atoms. The molecule has 3 heteroatoms. The first-order valence-electron chi connectivity index (χ1n) is 4.95. The van der Waals surface area contributed by atoms with Gasteiger partial charge in [0.15, 0.2) is 0 Å². The lowest BCUT2D eigenvalue weighted by Gasteiger charge is -2.23. The minimum atomic E-state index is 0.429. The zero-order valence-electron chi connectivity index (χ0n) is 8.07. The zero-order valence-corrected chi connectivity index (χ0v) is 8.89. The van der Waals surface area contributed by atoms with Crippen molar-refractivity contribution in [2.45, 2.75) is 17.7 Å². The highest BCUT2D eigenvalue weighted by Crippen LogP contribution is 2.39. The number of aromatic hydroxyl groups is 1. The van der Waals surface area contributed by atoms with Crippen LogP contribution < -0.4 is 5.73 Å². The lowest BCUT2D eigenvalue weighted by molar-refractivity contribution is 0.455. The lowest BCUT2D eigenvalue weighted by Crippen LogP contribution is -2.17. The summed E-state index contributed by atoms with van der Waals surface area (Å²) < 4.78 is 0. The number of hydrogen-bond acceptors (Lipinski definition) is 3. The van der Waals surface area contributed by atoms with Crippen molar-refractivity contribution >= 4 is 11.8 Å². The molecule has 0 saturated carbocycles. The highest BCUT2D eigenvalue weighted by atomic mass is 32.2. The van der Waals surface area contributed by atoms with E-state index in [1.807, 2.05) is 6.07 Å². The Bertz CT molecular complexity index is 327. The molecule has 0 amide bonds. The molecule has 1 heterocycles. The minimum absolute atomic E-state index is 0.429. The van der Waals surface area contributed by atoms with Crippen molar-refractivity contribution < 1.29 is 5.11 Å². The number of rotatable bonds is 2. The average Bonchev–Trinajstić information content (AvgIpc) is 2.18. The summed E-state index contributed by atoms with van der Waals surface area (Å²) >= 11 is 1.76. The van der Waals surface area contributed by atoms with Gasteiger partial charge in [0.2, 0.25) is 0 Å². The Balaban J connectivity index is 2.18. The van der Waals surface area contributed by atoms with E-state index in [4.69, 9.17) is 5.73 Å². The van der Waals surface area contributed by atoms with Gasteiger partial charge in [0.05, 0.1) is 4.90 Å². The fraction of sp³-hybridized carbons (Fsp3) is 0.455. The van der Waals surface area contributed by atoms with Gasteiger partial charge < -0.3 is 10.8 Å². The molecule has 2 nitrogen and oxygen atoms in total. The van der Waals surface area contributed by atoms with Crippen LogP contribution in [0.5, 0.6) is 5.75 Å². The number of hydrogen-bond donors (Lipinski definition) is 2. The lowest BCUT2D eigenvalue weighted by atomic mass is 9.97. The molecule has 0 fully saturated rings. The molecule has 1 atom stereocenters. The van der Waals surface area contributed by atoms with E-state index in [2.05, 4.69) is 6.07 Å². The summed E-state index contributed by atoms with van der Waals surface area (Å²) in [6.45, 7) is 0.763. The number of phenolic OH excluding ortho intramolecular Hbond substituents is 1. The van der Waals surface area contributed by atoms with E-state index < -0.39 is 0 Å². The van der Waals surface area contributed by atoms with Gasteiger partial charge in [0.25, 0.3) is 0 Å². The van der Waals surface area contributed by atoms with Crippen LogP contribution in [0.2, 0.25) is 0 Å². The van der Waals surface area contributed by atoms with Crippen molar-refractivity contribution in [3.63, 3.8) is 0 Å². The van der Waals surface area contributed by atoms with E-state index in [-0.39, 0.29) is 0 Å². The number of benzene rings is 1. The van der Waals surface area contributed by atoms with Crippen molar-refractivity contribution in [1.82, 2.24) is 0 Å². The van der Waals surface area contributed by atoms with E-state index in [1.165, 1.54) is 5.56 Å². The van der Waals surface area contributed by atoms with Crippen LogP contribution in [-0.2, 0) is 6.42 Å². The molecule has 2 rings (SSSR count). The van der Waals surface area contributed by atoms with E-state index in [1.54, 1.807) is 17.8 Å². The van der Waals surface area contributed by atoms with Gasteiger partial charge in [-0.2, -0.15) is 0 Å². The monoisotopic (exact) mass is 209 g/mol. The van der Waals surface area contributed by atoms with Crippen LogP contribution >= 0.6 is 11.8 Å². The van der Waals surface area contributed by atoms with Gasteiger partial charge in [0.1, 0.15) is 5.75 Å². The second kappa shape index (κ2) is 4.24. The summed E-state index contributed by atoms with van der Waals surface area (Å²) in [5, 5.41) is 9.63. The minimum Gasteiger partial charge on any atom is -0.507 e. The Morgan fingerprint density at radius 2 is 2.36 bits per heavy atom. The van der Waals surface area contributed by atoms with Gasteiger partial charge in [-0.25, -0.2) is 0 Å². The van der Waals surface area contributed by atoms with Gasteiger partial charge in [-0.15, -0.1) is 11.8 Å². The molecule has 1 aliphatic heterocycles. The molecule has 0 aliphatic carbocycles. The van der Waals surface area contributed by atoms with Crippen LogP contribution in [0.1, 0.15) is 12.0 Å². The number of nitrogens with two attached hydrogens (primary N) is 1. The molecule has 76 valence electrons. The first-order valence-corrected chi connectivity index (χ1v) is 5.93. The molecule has 1 aromatic rings. The van der Waals surface area contributed by atoms with Crippen LogP contribution in [0.3, 0.4) is 0 Å². The zero-order chi connectivity index (χ0) is 9.97. The average molecular weight is 209 g/mol. The molecule has 3 N–H and O–H groups in total. The van der Waals surface area contributed by atoms with Crippen LogP contribution in [0.25, 0.3) is 0 Å². The molecular weight excluding hydrogens is 194 g/mol. The quantitative estimate of drug-likeness (QED) is 0.783. The first kappa shape index (κ1) is 9.87. The van der Waals surface area contributed by atoms with E-state index in [0.717, 1.165) is 30.0 Å². The Hall–Kier alpha value is -0.670. The smallest absolute Gasteiger partial charge is 0.129 e. The maximum Gasteiger partial charge on any atom is 0.129 e. The third kappa shape index (κ3) is 1.88. The summed E-state index contributed by atoms with van der Waals surface area (Å²) in [7, 11) is 0. The van der Waals surface area contributed by atoms with Gasteiger partial charge >= 0.3 is 0 Å². The molecule has 0 spiro atoms. The first-order chi connectivity index (χ1) is 6.81. The molecule has 0 radical (unpaired) electrons. The predicted molar refractivity (Wildman–Crippen MR) is 59.7 cm³/mol. The van der Waals surface area contributed by atoms with Crippen molar-refractivity contribution in [2.75, 3.05) is 12.3 Å². The molecule has 1 unspecified atom stereocenters. The Morgan fingerprint density at radius 1 is 1.50 bits per heavy atom. The van der Waals surface area contributed by atoms with Gasteiger partial charge in [-0.3, -0.25) is 0 Å². The van der Waals surface area contributed by atoms with Gasteiger partial charge in [-0.1, -0.05) is 12.1 Å². The van der Waals surface area contributed by atoms with E-state index >= 15 is 0 Å². The van der Waals surface area contributed by atoms with Gasteiger partial charge in [-0.05, 0) is 36.9 Å². The molecule has 0 saturated heterocycles. The fourth-order valence-electron chi connectivity index (χ4n) is 1.89. The fourth-order valence-corrected chi connectivity index (χ4v) is 3.13. The van der Waals surface area contributed by atoms with Gasteiger partial charge in [0, 0.05) is 5.75 Å². The van der Waals surface area contributed by atoms with Crippen molar-refractivity contribution in [2.24, 2.45) is 11.7 Å². The predicted octanol–water partition coefficient (Wildman–Crippen LogP) is 2.01. The van der Waals surface area contributed by atoms with Crippen LogP contribution in [0, 0.1) is 5.92 Å². The summed E-state index contributed by atoms with van der Waals surface area (Å²) in [6, 6.07) is 5.78. The third-order valence-electron chi connectivity index (χ3n) is 2.62. The highest BCUT2D eigenvalue weighted by molar-refractivity contribution is 7.99. The highest BCUT2D eigenvalue weighted by Gasteiger charge is 2.20. The SMILES string of the molecule is NCCC1CSc2c(O)cccc2C1. The van der Waals surface area contributed by atoms with Crippen molar-refractivity contribution in [3.8, 4) is 5.75 Å². The number of thioether (sulfide) groups is 1. The van der Waals surface area contributed by atoms with Crippen molar-refractivity contribution in [3.05, 3.63) is 23.8 Å². The molecule has 0 aromatic heterocycles. The van der Waals surface area contributed by atoms with Crippen LogP contribution in [-0.4, -0.2) is 17.4 Å². The second-order valence-corrected chi connectivity index (χ2v) is 4.75. The summed E-state index contributed by atoms with van der Waals surface area (Å²) in [5.41, 5.74) is 6.83. The normalized spacial score (nSPS) is 20.5. The molecule has 0 bridgehead atoms. The third-order valence-corrected chi connectivity index (χ3v) is 4.02. The Kier molecular flexibility index (Phi) is 2.99. The van der Waals surface area contributed by atoms with Crippen LogP contribution in [0.4, 0.5) is 0 Å².